The lowest BCUT2D eigenvalue weighted by Crippen LogP contribution is -2.60. The summed E-state index contributed by atoms with van der Waals surface area (Å²) in [5, 5.41) is 113. The first-order valence-corrected chi connectivity index (χ1v) is 14.2. The molecule has 10 atom stereocenters. The zero-order chi connectivity index (χ0) is 35.2. The largest absolute Gasteiger partial charge is 0.504 e. The minimum Gasteiger partial charge on any atom is -0.504 e. The van der Waals surface area contributed by atoms with E-state index in [2.05, 4.69) is 0 Å². The summed E-state index contributed by atoms with van der Waals surface area (Å²) in [4.78, 5) is 13.6. The number of benzene rings is 2. The van der Waals surface area contributed by atoms with E-state index in [0.29, 0.717) is 0 Å². The van der Waals surface area contributed by atoms with Gasteiger partial charge in [-0.2, -0.15) is 0 Å². The number of fused-ring (bicyclic) bond motifs is 1. The van der Waals surface area contributed by atoms with Gasteiger partial charge < -0.3 is 89.0 Å². The van der Waals surface area contributed by atoms with E-state index < -0.39 is 114 Å². The number of ether oxygens (including phenoxy) is 6. The molecular weight excluding hydrogens is 652 g/mol. The van der Waals surface area contributed by atoms with Gasteiger partial charge in [0, 0.05) is 11.6 Å². The van der Waals surface area contributed by atoms with Crippen molar-refractivity contribution < 1.29 is 89.0 Å². The van der Waals surface area contributed by atoms with Crippen molar-refractivity contribution in [2.75, 3.05) is 27.4 Å². The molecule has 2 saturated heterocycles. The van der Waals surface area contributed by atoms with Crippen LogP contribution < -0.4 is 24.4 Å². The third kappa shape index (κ3) is 6.00. The van der Waals surface area contributed by atoms with Gasteiger partial charge in [-0.05, 0) is 12.1 Å². The number of aromatic hydroxyl groups is 3. The zero-order valence-corrected chi connectivity index (χ0v) is 25.1. The average Bonchev–Trinajstić information content (AvgIpc) is 3.07. The molecule has 2 aliphatic rings. The highest BCUT2D eigenvalue weighted by Crippen LogP contribution is 2.51. The zero-order valence-electron chi connectivity index (χ0n) is 25.1. The van der Waals surface area contributed by atoms with Gasteiger partial charge in [-0.1, -0.05) is 0 Å². The van der Waals surface area contributed by atoms with Gasteiger partial charge in [-0.15, -0.1) is 0 Å². The topological polar surface area (TPSA) is 308 Å². The summed E-state index contributed by atoms with van der Waals surface area (Å²) < 4.78 is 38.0. The normalized spacial score (nSPS) is 30.6. The first-order chi connectivity index (χ1) is 22.8. The number of phenols is 3. The number of methoxy groups -OCH3 is 2. The van der Waals surface area contributed by atoms with E-state index in [1.807, 2.05) is 0 Å². The van der Waals surface area contributed by atoms with Crippen molar-refractivity contribution in [1.82, 2.24) is 0 Å². The van der Waals surface area contributed by atoms with Crippen molar-refractivity contribution in [2.24, 2.45) is 0 Å². The summed E-state index contributed by atoms with van der Waals surface area (Å²) in [5.41, 5.74) is -1.65. The number of hydrogen-bond acceptors (Lipinski definition) is 19. The van der Waals surface area contributed by atoms with Gasteiger partial charge >= 0.3 is 0 Å². The molecule has 19 nitrogen and oxygen atoms in total. The Kier molecular flexibility index (Phi) is 10.1. The summed E-state index contributed by atoms with van der Waals surface area (Å²) >= 11 is 0. The van der Waals surface area contributed by atoms with E-state index in [9.17, 15) is 61.0 Å². The first-order valence-electron chi connectivity index (χ1n) is 14.2. The molecule has 48 heavy (non-hydrogen) atoms. The molecule has 19 heteroatoms. The molecule has 0 spiro atoms. The van der Waals surface area contributed by atoms with Crippen LogP contribution in [0.25, 0.3) is 22.3 Å². The predicted octanol–water partition coefficient (Wildman–Crippen LogP) is -3.05. The van der Waals surface area contributed by atoms with Gasteiger partial charge in [0.25, 0.3) is 0 Å². The molecule has 0 saturated carbocycles. The smallest absolute Gasteiger partial charge is 0.229 e. The van der Waals surface area contributed by atoms with E-state index in [1.165, 1.54) is 26.4 Å². The summed E-state index contributed by atoms with van der Waals surface area (Å²) in [6.07, 6.45) is -18.5. The fourth-order valence-corrected chi connectivity index (χ4v) is 5.27. The maximum atomic E-state index is 13.6. The Morgan fingerprint density at radius 1 is 0.646 bits per heavy atom. The van der Waals surface area contributed by atoms with Gasteiger partial charge in [-0.25, -0.2) is 0 Å². The molecule has 2 aromatic carbocycles. The van der Waals surface area contributed by atoms with Crippen molar-refractivity contribution in [3.05, 3.63) is 28.4 Å². The lowest BCUT2D eigenvalue weighted by Gasteiger charge is -2.40. The van der Waals surface area contributed by atoms with E-state index in [0.717, 1.165) is 6.07 Å². The number of aliphatic hydroxyl groups excluding tert-OH is 8. The SMILES string of the molecule is COc1cc(-c2cc(=O)c3c(O)c(O[C@@H]4O[C@H](CO)[C@@H](O)[C@H](O)[C@H]4O)c(O)c(O[C@@H]4O[C@H](CO)[C@@H](O)[C@H](O)[C@H]4O)c3o2)cc(OC)c1O. The Labute approximate surface area is 269 Å². The molecule has 0 aliphatic carbocycles. The Bertz CT molecular complexity index is 1660. The molecule has 3 aromatic rings. The monoisotopic (exact) mass is 686 g/mol. The van der Waals surface area contributed by atoms with E-state index in [-0.39, 0.29) is 28.6 Å². The maximum Gasteiger partial charge on any atom is 0.229 e. The van der Waals surface area contributed by atoms with Gasteiger partial charge in [0.2, 0.25) is 35.6 Å². The van der Waals surface area contributed by atoms with Crippen LogP contribution in [0.4, 0.5) is 0 Å². The highest BCUT2D eigenvalue weighted by molar-refractivity contribution is 5.95. The summed E-state index contributed by atoms with van der Waals surface area (Å²) in [6, 6.07) is 3.41. The summed E-state index contributed by atoms with van der Waals surface area (Å²) in [7, 11) is 2.49. The Morgan fingerprint density at radius 2 is 1.12 bits per heavy atom. The molecule has 2 fully saturated rings. The van der Waals surface area contributed by atoms with Crippen LogP contribution in [0.5, 0.6) is 40.2 Å². The molecule has 0 unspecified atom stereocenters. The first kappa shape index (κ1) is 35.2. The predicted molar refractivity (Wildman–Crippen MR) is 155 cm³/mol. The number of rotatable bonds is 9. The van der Waals surface area contributed by atoms with E-state index in [1.54, 1.807) is 0 Å². The second-order valence-corrected chi connectivity index (χ2v) is 10.9. The van der Waals surface area contributed by atoms with Crippen molar-refractivity contribution in [3.8, 4) is 51.6 Å². The molecule has 0 amide bonds. The van der Waals surface area contributed by atoms with Gasteiger partial charge in [0.05, 0.1) is 27.4 Å². The average molecular weight is 687 g/mol. The van der Waals surface area contributed by atoms with Crippen LogP contribution in [0, 0.1) is 0 Å². The van der Waals surface area contributed by atoms with Crippen molar-refractivity contribution in [3.63, 3.8) is 0 Å². The lowest BCUT2D eigenvalue weighted by molar-refractivity contribution is -0.279. The number of phenolic OH excluding ortho intramolecular Hbond substituents is 3. The summed E-state index contributed by atoms with van der Waals surface area (Å²) in [5.74, 6) is -5.05. The number of hydrogen-bond donors (Lipinski definition) is 11. The molecule has 264 valence electrons. The maximum absolute atomic E-state index is 13.6. The van der Waals surface area contributed by atoms with Crippen LogP contribution in [-0.2, 0) is 9.47 Å². The minimum atomic E-state index is -2.04. The molecule has 1 aromatic heterocycles. The molecule has 0 radical (unpaired) electrons. The third-order valence-corrected chi connectivity index (χ3v) is 7.97. The molecule has 5 rings (SSSR count). The number of aliphatic hydroxyl groups is 8. The van der Waals surface area contributed by atoms with Gasteiger partial charge in [-0.3, -0.25) is 4.79 Å². The van der Waals surface area contributed by atoms with Gasteiger partial charge in [0.1, 0.15) is 60.0 Å². The van der Waals surface area contributed by atoms with Crippen LogP contribution >= 0.6 is 0 Å². The Hall–Kier alpha value is -4.15. The molecular formula is C29H34O19. The highest BCUT2D eigenvalue weighted by Gasteiger charge is 2.47. The Balaban J connectivity index is 1.71. The highest BCUT2D eigenvalue weighted by atomic mass is 16.7. The molecule has 11 N–H and O–H groups in total. The molecule has 2 aliphatic heterocycles. The summed E-state index contributed by atoms with van der Waals surface area (Å²) in [6.45, 7) is -1.71. The van der Waals surface area contributed by atoms with Crippen molar-refractivity contribution in [1.29, 1.82) is 0 Å². The van der Waals surface area contributed by atoms with Crippen molar-refractivity contribution >= 4 is 11.0 Å². The fourth-order valence-electron chi connectivity index (χ4n) is 5.27. The molecule has 0 bridgehead atoms. The van der Waals surface area contributed by atoms with Crippen LogP contribution in [0.2, 0.25) is 0 Å². The quantitative estimate of drug-likeness (QED) is 0.106. The third-order valence-electron chi connectivity index (χ3n) is 7.97. The van der Waals surface area contributed by atoms with E-state index >= 15 is 0 Å². The second-order valence-electron chi connectivity index (χ2n) is 10.9. The second kappa shape index (κ2) is 13.8. The van der Waals surface area contributed by atoms with E-state index in [4.69, 9.17) is 32.8 Å². The van der Waals surface area contributed by atoms with Crippen LogP contribution in [-0.4, -0.2) is 145 Å². The van der Waals surface area contributed by atoms with Crippen LogP contribution in [0.15, 0.2) is 27.4 Å². The van der Waals surface area contributed by atoms with Gasteiger partial charge in [0.15, 0.2) is 28.3 Å². The molecule has 3 heterocycles. The Morgan fingerprint density at radius 3 is 1.58 bits per heavy atom. The minimum absolute atomic E-state index is 0.0694. The standard InChI is InChI=1S/C29H34O19/c1-42-11-3-8(4-12(43-2)16(11)33)10-5-9(32)15-19(36)26(47-28-22(39)20(37)17(34)13(6-30)45-28)24(41)27(25(15)44-10)48-29-23(40)21(38)18(35)14(7-31)46-29/h3-5,13-14,17-18,20-23,28-31,33-41H,6-7H2,1-2H3/t13-,14-,17-,18-,20+,21+,22-,23-,28+,29+/m1/s1. The lowest BCUT2D eigenvalue weighted by atomic mass is 9.99. The fraction of sp³-hybridized carbons (Fsp3) is 0.483. The van der Waals surface area contributed by atoms with Crippen LogP contribution in [0.3, 0.4) is 0 Å². The van der Waals surface area contributed by atoms with Crippen LogP contribution in [0.1, 0.15) is 0 Å². The van der Waals surface area contributed by atoms with Crippen molar-refractivity contribution in [2.45, 2.75) is 61.4 Å².